The van der Waals surface area contributed by atoms with Crippen molar-refractivity contribution in [2.24, 2.45) is 4.99 Å². The number of hydrogen-bond donors (Lipinski definition) is 1. The molecule has 0 spiro atoms. The van der Waals surface area contributed by atoms with Gasteiger partial charge in [-0.3, -0.25) is 4.99 Å². The SMILES string of the molecule is CN=C(NCCCOC1CCCc2ccccc21)N(C)Cc1csc(C(C)OC)n1.I. The zero-order chi connectivity index (χ0) is 21.3. The highest BCUT2D eigenvalue weighted by atomic mass is 127. The third-order valence-corrected chi connectivity index (χ3v) is 6.54. The Morgan fingerprint density at radius 3 is 2.97 bits per heavy atom. The number of benzene rings is 1. The number of nitrogens with zero attached hydrogens (tertiary/aromatic N) is 3. The summed E-state index contributed by atoms with van der Waals surface area (Å²) in [5.41, 5.74) is 3.85. The molecule has 1 aromatic heterocycles. The molecule has 2 unspecified atom stereocenters. The topological polar surface area (TPSA) is 59.0 Å². The summed E-state index contributed by atoms with van der Waals surface area (Å²) < 4.78 is 11.6. The molecule has 1 N–H and O–H groups in total. The van der Waals surface area contributed by atoms with Gasteiger partial charge in [0.15, 0.2) is 5.96 Å². The number of nitrogens with one attached hydrogen (secondary N) is 1. The summed E-state index contributed by atoms with van der Waals surface area (Å²) >= 11 is 1.64. The molecule has 0 bridgehead atoms. The van der Waals surface area contributed by atoms with Crippen molar-refractivity contribution in [2.75, 3.05) is 34.4 Å². The molecule has 0 saturated heterocycles. The van der Waals surface area contributed by atoms with E-state index in [1.165, 1.54) is 24.0 Å². The van der Waals surface area contributed by atoms with Gasteiger partial charge < -0.3 is 19.7 Å². The molecule has 1 aliphatic carbocycles. The highest BCUT2D eigenvalue weighted by Crippen LogP contribution is 2.32. The predicted octanol–water partition coefficient (Wildman–Crippen LogP) is 4.96. The van der Waals surface area contributed by atoms with Crippen molar-refractivity contribution in [2.45, 2.75) is 51.4 Å². The molecule has 3 rings (SSSR count). The molecule has 2 atom stereocenters. The lowest BCUT2D eigenvalue weighted by Crippen LogP contribution is -2.39. The smallest absolute Gasteiger partial charge is 0.193 e. The number of halogens is 1. The number of aryl methyl sites for hydroxylation is 1. The average Bonchev–Trinajstić information content (AvgIpc) is 3.24. The number of thiazole rings is 1. The van der Waals surface area contributed by atoms with E-state index in [9.17, 15) is 0 Å². The van der Waals surface area contributed by atoms with E-state index in [0.717, 1.165) is 42.7 Å². The first-order valence-corrected chi connectivity index (χ1v) is 11.6. The van der Waals surface area contributed by atoms with Crippen LogP contribution in [0.1, 0.15) is 60.2 Å². The molecule has 172 valence electrons. The van der Waals surface area contributed by atoms with Gasteiger partial charge in [-0.05, 0) is 43.7 Å². The van der Waals surface area contributed by atoms with Gasteiger partial charge in [0.1, 0.15) is 11.1 Å². The van der Waals surface area contributed by atoms with Crippen LogP contribution >= 0.6 is 35.3 Å². The zero-order valence-electron chi connectivity index (χ0n) is 19.0. The first kappa shape index (κ1) is 26.0. The van der Waals surface area contributed by atoms with Gasteiger partial charge in [-0.25, -0.2) is 4.98 Å². The molecular formula is C23H35IN4O2S. The summed E-state index contributed by atoms with van der Waals surface area (Å²) in [5.74, 6) is 0.868. The monoisotopic (exact) mass is 558 g/mol. The number of methoxy groups -OCH3 is 1. The van der Waals surface area contributed by atoms with E-state index in [-0.39, 0.29) is 36.2 Å². The molecule has 1 aliphatic rings. The number of aliphatic imine (C=N–C) groups is 1. The van der Waals surface area contributed by atoms with Crippen molar-refractivity contribution in [3.05, 3.63) is 51.5 Å². The van der Waals surface area contributed by atoms with Gasteiger partial charge in [-0.1, -0.05) is 24.3 Å². The molecule has 0 radical (unpaired) electrons. The molecule has 0 amide bonds. The van der Waals surface area contributed by atoms with Crippen molar-refractivity contribution in [3.63, 3.8) is 0 Å². The maximum absolute atomic E-state index is 6.20. The summed E-state index contributed by atoms with van der Waals surface area (Å²) in [4.78, 5) is 11.2. The minimum Gasteiger partial charge on any atom is -0.375 e. The second-order valence-electron chi connectivity index (χ2n) is 7.69. The maximum Gasteiger partial charge on any atom is 0.193 e. The number of ether oxygens (including phenoxy) is 2. The van der Waals surface area contributed by atoms with E-state index in [1.54, 1.807) is 18.4 Å². The first-order valence-electron chi connectivity index (χ1n) is 10.7. The van der Waals surface area contributed by atoms with Crippen molar-refractivity contribution < 1.29 is 9.47 Å². The van der Waals surface area contributed by atoms with Gasteiger partial charge in [0.2, 0.25) is 0 Å². The largest absolute Gasteiger partial charge is 0.375 e. The first-order chi connectivity index (χ1) is 14.6. The number of rotatable bonds is 9. The van der Waals surface area contributed by atoms with E-state index < -0.39 is 0 Å². The van der Waals surface area contributed by atoms with Gasteiger partial charge in [0, 0.05) is 39.7 Å². The van der Waals surface area contributed by atoms with Crippen LogP contribution in [-0.4, -0.2) is 50.2 Å². The van der Waals surface area contributed by atoms with Crippen molar-refractivity contribution in [1.29, 1.82) is 0 Å². The molecule has 31 heavy (non-hydrogen) atoms. The van der Waals surface area contributed by atoms with E-state index in [2.05, 4.69) is 49.8 Å². The predicted molar refractivity (Wildman–Crippen MR) is 138 cm³/mol. The summed E-state index contributed by atoms with van der Waals surface area (Å²) in [6, 6.07) is 8.68. The Labute approximate surface area is 207 Å². The fourth-order valence-electron chi connectivity index (χ4n) is 3.77. The van der Waals surface area contributed by atoms with E-state index >= 15 is 0 Å². The summed E-state index contributed by atoms with van der Waals surface area (Å²) in [7, 11) is 5.55. The Bertz CT molecular complexity index is 829. The second-order valence-corrected chi connectivity index (χ2v) is 8.58. The zero-order valence-corrected chi connectivity index (χ0v) is 22.1. The Balaban J connectivity index is 0.00000341. The van der Waals surface area contributed by atoms with Gasteiger partial charge in [0.25, 0.3) is 0 Å². The molecule has 0 aliphatic heterocycles. The fraction of sp³-hybridized carbons (Fsp3) is 0.565. The number of hydrogen-bond acceptors (Lipinski definition) is 5. The fourth-order valence-corrected chi connectivity index (χ4v) is 4.61. The third-order valence-electron chi connectivity index (χ3n) is 5.48. The Kier molecular flexibility index (Phi) is 11.2. The average molecular weight is 559 g/mol. The lowest BCUT2D eigenvalue weighted by Gasteiger charge is -2.26. The van der Waals surface area contributed by atoms with Gasteiger partial charge >= 0.3 is 0 Å². The third kappa shape index (κ3) is 7.40. The highest BCUT2D eigenvalue weighted by molar-refractivity contribution is 14.0. The van der Waals surface area contributed by atoms with Gasteiger partial charge in [0.05, 0.1) is 18.3 Å². The molecule has 1 aromatic carbocycles. The second kappa shape index (κ2) is 13.3. The minimum absolute atomic E-state index is 0. The number of guanidine groups is 1. The Morgan fingerprint density at radius 1 is 1.39 bits per heavy atom. The number of aromatic nitrogens is 1. The van der Waals surface area contributed by atoms with Gasteiger partial charge in [-0.2, -0.15) is 0 Å². The van der Waals surface area contributed by atoms with E-state index in [4.69, 9.17) is 9.47 Å². The molecule has 8 heteroatoms. The van der Waals surface area contributed by atoms with Crippen LogP contribution in [-0.2, 0) is 22.4 Å². The normalized spacial score (nSPS) is 16.9. The summed E-state index contributed by atoms with van der Waals surface area (Å²) in [6.45, 7) is 4.30. The lowest BCUT2D eigenvalue weighted by molar-refractivity contribution is 0.0397. The summed E-state index contributed by atoms with van der Waals surface area (Å²) in [5, 5.41) is 6.53. The van der Waals surface area contributed by atoms with Crippen LogP contribution in [0.5, 0.6) is 0 Å². The molecule has 1 heterocycles. The maximum atomic E-state index is 6.20. The Hall–Kier alpha value is -1.23. The summed E-state index contributed by atoms with van der Waals surface area (Å²) in [6.07, 6.45) is 4.71. The van der Waals surface area contributed by atoms with Gasteiger partial charge in [-0.15, -0.1) is 35.3 Å². The van der Waals surface area contributed by atoms with Crippen LogP contribution in [0.4, 0.5) is 0 Å². The van der Waals surface area contributed by atoms with Crippen molar-refractivity contribution in [3.8, 4) is 0 Å². The number of fused-ring (bicyclic) bond motifs is 1. The van der Waals surface area contributed by atoms with Crippen LogP contribution in [0.3, 0.4) is 0 Å². The van der Waals surface area contributed by atoms with Crippen LogP contribution in [0.15, 0.2) is 34.6 Å². The van der Waals surface area contributed by atoms with E-state index in [0.29, 0.717) is 6.54 Å². The Morgan fingerprint density at radius 2 is 2.19 bits per heavy atom. The standard InChI is InChI=1S/C23H34N4O2S.HI/c1-17(28-4)22-26-19(16-30-22)15-27(3)23(24-2)25-13-8-14-29-21-12-7-10-18-9-5-6-11-20(18)21;/h5-6,9,11,16-17,21H,7-8,10,12-15H2,1-4H3,(H,24,25);1H. The molecule has 0 saturated carbocycles. The van der Waals surface area contributed by atoms with Crippen LogP contribution in [0.25, 0.3) is 0 Å². The molecule has 6 nitrogen and oxygen atoms in total. The van der Waals surface area contributed by atoms with E-state index in [1.807, 2.05) is 21.0 Å². The molecular weight excluding hydrogens is 523 g/mol. The van der Waals surface area contributed by atoms with Crippen LogP contribution in [0.2, 0.25) is 0 Å². The van der Waals surface area contributed by atoms with Crippen LogP contribution in [0, 0.1) is 0 Å². The minimum atomic E-state index is 0. The lowest BCUT2D eigenvalue weighted by atomic mass is 9.89. The van der Waals surface area contributed by atoms with Crippen molar-refractivity contribution >= 4 is 41.3 Å². The van der Waals surface area contributed by atoms with Crippen LogP contribution < -0.4 is 5.32 Å². The molecule has 2 aromatic rings. The highest BCUT2D eigenvalue weighted by Gasteiger charge is 2.20. The quantitative estimate of drug-likeness (QED) is 0.204. The molecule has 0 fully saturated rings. The van der Waals surface area contributed by atoms with Crippen molar-refractivity contribution in [1.82, 2.24) is 15.2 Å².